The fraction of sp³-hybridized carbons (Fsp3) is 0.250. The van der Waals surface area contributed by atoms with Gasteiger partial charge in [0.1, 0.15) is 12.4 Å². The molecule has 1 aliphatic carbocycles. The SMILES string of the molecule is C1=CC(N2CCc3ccc(OCc4cccnc4)cc3CC2)=C1. The number of allylic oxidation sites excluding steroid dienone is 3. The van der Waals surface area contributed by atoms with Gasteiger partial charge in [-0.1, -0.05) is 18.2 Å². The summed E-state index contributed by atoms with van der Waals surface area (Å²) in [6, 6.07) is 10.5. The van der Waals surface area contributed by atoms with Gasteiger partial charge in [0.15, 0.2) is 0 Å². The predicted octanol–water partition coefficient (Wildman–Crippen LogP) is 3.51. The summed E-state index contributed by atoms with van der Waals surface area (Å²) < 4.78 is 5.93. The largest absolute Gasteiger partial charge is 0.489 e. The fourth-order valence-electron chi connectivity index (χ4n) is 3.09. The van der Waals surface area contributed by atoms with Crippen molar-refractivity contribution >= 4 is 0 Å². The molecule has 0 amide bonds. The van der Waals surface area contributed by atoms with Crippen LogP contribution in [0.1, 0.15) is 16.7 Å². The first-order valence-corrected chi connectivity index (χ1v) is 8.15. The number of hydrogen-bond donors (Lipinski definition) is 0. The highest BCUT2D eigenvalue weighted by atomic mass is 16.5. The zero-order valence-corrected chi connectivity index (χ0v) is 13.1. The van der Waals surface area contributed by atoms with Crippen molar-refractivity contribution in [3.05, 3.63) is 83.3 Å². The van der Waals surface area contributed by atoms with Crippen molar-refractivity contribution in [2.75, 3.05) is 13.1 Å². The van der Waals surface area contributed by atoms with Gasteiger partial charge < -0.3 is 9.64 Å². The zero-order valence-electron chi connectivity index (χ0n) is 13.1. The Hall–Kier alpha value is -2.55. The van der Waals surface area contributed by atoms with E-state index in [4.69, 9.17) is 4.74 Å². The molecule has 0 N–H and O–H groups in total. The fourth-order valence-corrected chi connectivity index (χ4v) is 3.09. The van der Waals surface area contributed by atoms with E-state index >= 15 is 0 Å². The third-order valence-corrected chi connectivity index (χ3v) is 4.51. The summed E-state index contributed by atoms with van der Waals surface area (Å²) in [5.74, 6) is 0.948. The monoisotopic (exact) mass is 304 g/mol. The predicted molar refractivity (Wildman–Crippen MR) is 91.2 cm³/mol. The standard InChI is InChI=1S/C20H20N2O/c1-4-19(5-1)22-11-8-17-6-7-20(13-18(17)9-12-22)23-15-16-3-2-10-21-14-16/h1-7,10,13-14H,8-9,11-12,15H2. The van der Waals surface area contributed by atoms with E-state index in [-0.39, 0.29) is 0 Å². The molecule has 4 rings (SSSR count). The first-order chi connectivity index (χ1) is 11.4. The van der Waals surface area contributed by atoms with Crippen LogP contribution in [0, 0.1) is 0 Å². The van der Waals surface area contributed by atoms with Gasteiger partial charge in [0.2, 0.25) is 0 Å². The molecular weight excluding hydrogens is 284 g/mol. The average Bonchev–Trinajstić information content (AvgIpc) is 2.75. The van der Waals surface area contributed by atoms with E-state index in [2.05, 4.69) is 46.3 Å². The molecule has 116 valence electrons. The van der Waals surface area contributed by atoms with Crippen LogP contribution >= 0.6 is 0 Å². The van der Waals surface area contributed by atoms with Crippen LogP contribution in [0.2, 0.25) is 0 Å². The van der Waals surface area contributed by atoms with E-state index in [0.29, 0.717) is 6.61 Å². The number of nitrogens with zero attached hydrogens (tertiary/aromatic N) is 2. The van der Waals surface area contributed by atoms with Crippen LogP contribution in [0.3, 0.4) is 0 Å². The molecule has 3 nitrogen and oxygen atoms in total. The van der Waals surface area contributed by atoms with Crippen LogP contribution in [0.15, 0.2) is 66.7 Å². The highest BCUT2D eigenvalue weighted by Gasteiger charge is 2.16. The molecule has 0 unspecified atom stereocenters. The quantitative estimate of drug-likeness (QED) is 0.864. The minimum Gasteiger partial charge on any atom is -0.489 e. The molecule has 0 atom stereocenters. The van der Waals surface area contributed by atoms with Crippen LogP contribution in [0.25, 0.3) is 0 Å². The zero-order chi connectivity index (χ0) is 15.5. The van der Waals surface area contributed by atoms with Gasteiger partial charge >= 0.3 is 0 Å². The Morgan fingerprint density at radius 2 is 1.96 bits per heavy atom. The minimum atomic E-state index is 0.566. The van der Waals surface area contributed by atoms with E-state index in [1.165, 1.54) is 16.8 Å². The van der Waals surface area contributed by atoms with E-state index in [1.54, 1.807) is 6.20 Å². The van der Waals surface area contributed by atoms with E-state index < -0.39 is 0 Å². The maximum absolute atomic E-state index is 5.93. The smallest absolute Gasteiger partial charge is 0.120 e. The number of pyridine rings is 1. The molecule has 1 aromatic heterocycles. The summed E-state index contributed by atoms with van der Waals surface area (Å²) in [7, 11) is 0. The van der Waals surface area contributed by atoms with Crippen LogP contribution in [0.5, 0.6) is 5.75 Å². The van der Waals surface area contributed by atoms with Crippen molar-refractivity contribution in [3.63, 3.8) is 0 Å². The lowest BCUT2D eigenvalue weighted by atomic mass is 10.0. The number of fused-ring (bicyclic) bond motifs is 1. The van der Waals surface area contributed by atoms with Crippen molar-refractivity contribution in [2.24, 2.45) is 0 Å². The van der Waals surface area contributed by atoms with Crippen molar-refractivity contribution in [1.29, 1.82) is 0 Å². The summed E-state index contributed by atoms with van der Waals surface area (Å²) in [4.78, 5) is 6.59. The van der Waals surface area contributed by atoms with Gasteiger partial charge in [-0.25, -0.2) is 0 Å². The Labute approximate surface area is 136 Å². The third-order valence-electron chi connectivity index (χ3n) is 4.51. The van der Waals surface area contributed by atoms with E-state index in [9.17, 15) is 0 Å². The molecule has 0 spiro atoms. The van der Waals surface area contributed by atoms with Crippen LogP contribution < -0.4 is 4.74 Å². The average molecular weight is 304 g/mol. The van der Waals surface area contributed by atoms with Crippen LogP contribution in [0.4, 0.5) is 0 Å². The molecule has 2 heterocycles. The van der Waals surface area contributed by atoms with Crippen molar-refractivity contribution < 1.29 is 4.74 Å². The van der Waals surface area contributed by atoms with E-state index in [1.807, 2.05) is 18.3 Å². The molecule has 0 fully saturated rings. The Morgan fingerprint density at radius 1 is 1.09 bits per heavy atom. The Balaban J connectivity index is 1.43. The third kappa shape index (κ3) is 3.14. The number of benzene rings is 1. The highest BCUT2D eigenvalue weighted by Crippen LogP contribution is 2.25. The molecule has 2 aliphatic rings. The number of ether oxygens (including phenoxy) is 1. The lowest BCUT2D eigenvalue weighted by Gasteiger charge is -2.26. The maximum atomic E-state index is 5.93. The molecule has 0 saturated carbocycles. The summed E-state index contributed by atoms with van der Waals surface area (Å²) in [6.45, 7) is 2.74. The second-order valence-corrected chi connectivity index (χ2v) is 6.02. The first-order valence-electron chi connectivity index (χ1n) is 8.15. The molecule has 1 aromatic carbocycles. The van der Waals surface area contributed by atoms with Crippen molar-refractivity contribution in [3.8, 4) is 5.75 Å². The second kappa shape index (κ2) is 6.29. The summed E-state index contributed by atoms with van der Waals surface area (Å²) in [6.07, 6.45) is 12.3. The van der Waals surface area contributed by atoms with Crippen LogP contribution in [-0.4, -0.2) is 23.0 Å². The lowest BCUT2D eigenvalue weighted by molar-refractivity contribution is 0.305. The lowest BCUT2D eigenvalue weighted by Crippen LogP contribution is -2.26. The Bertz CT molecular complexity index is 749. The molecule has 0 radical (unpaired) electrons. The van der Waals surface area contributed by atoms with Gasteiger partial charge in [-0.3, -0.25) is 4.98 Å². The molecule has 3 heteroatoms. The Kier molecular flexibility index (Phi) is 3.85. The summed E-state index contributed by atoms with van der Waals surface area (Å²) >= 11 is 0. The highest BCUT2D eigenvalue weighted by molar-refractivity contribution is 5.39. The maximum Gasteiger partial charge on any atom is 0.120 e. The topological polar surface area (TPSA) is 25.4 Å². The van der Waals surface area contributed by atoms with Gasteiger partial charge in [-0.2, -0.15) is 0 Å². The van der Waals surface area contributed by atoms with Gasteiger partial charge in [0, 0.05) is 36.7 Å². The molecule has 23 heavy (non-hydrogen) atoms. The van der Waals surface area contributed by atoms with Crippen molar-refractivity contribution in [1.82, 2.24) is 9.88 Å². The normalized spacial score (nSPS) is 16.2. The molecule has 0 saturated heterocycles. The molecule has 1 aliphatic heterocycles. The second-order valence-electron chi connectivity index (χ2n) is 6.02. The van der Waals surface area contributed by atoms with Crippen molar-refractivity contribution in [2.45, 2.75) is 19.4 Å². The van der Waals surface area contributed by atoms with Gasteiger partial charge in [0.05, 0.1) is 0 Å². The first kappa shape index (κ1) is 14.1. The molecule has 2 aromatic rings. The number of rotatable bonds is 4. The molecular formula is C20H20N2O. The molecule has 0 bridgehead atoms. The van der Waals surface area contributed by atoms with Crippen LogP contribution in [-0.2, 0) is 19.4 Å². The van der Waals surface area contributed by atoms with E-state index in [0.717, 1.165) is 37.2 Å². The van der Waals surface area contributed by atoms with Gasteiger partial charge in [0.25, 0.3) is 0 Å². The number of aromatic nitrogens is 1. The number of hydrogen-bond acceptors (Lipinski definition) is 3. The minimum absolute atomic E-state index is 0.566. The Morgan fingerprint density at radius 3 is 2.70 bits per heavy atom. The summed E-state index contributed by atoms with van der Waals surface area (Å²) in [5, 5.41) is 0. The van der Waals surface area contributed by atoms with Gasteiger partial charge in [-0.05, 0) is 54.3 Å². The van der Waals surface area contributed by atoms with Gasteiger partial charge in [-0.15, -0.1) is 0 Å². The summed E-state index contributed by atoms with van der Waals surface area (Å²) in [5.41, 5.74) is 5.33.